The van der Waals surface area contributed by atoms with Crippen LogP contribution in [0.1, 0.15) is 21.5 Å². The van der Waals surface area contributed by atoms with Gasteiger partial charge in [-0.2, -0.15) is 4.98 Å². The van der Waals surface area contributed by atoms with Crippen LogP contribution in [0.4, 0.5) is 17.5 Å². The molecule has 0 fully saturated rings. The number of carbonyl (C=O) groups is 1. The highest BCUT2D eigenvalue weighted by Crippen LogP contribution is 2.25. The monoisotopic (exact) mass is 476 g/mol. The van der Waals surface area contributed by atoms with Crippen molar-refractivity contribution in [2.75, 3.05) is 30.4 Å². The maximum atomic E-state index is 12.3. The molecule has 3 aromatic carbocycles. The van der Waals surface area contributed by atoms with E-state index >= 15 is 0 Å². The Morgan fingerprint density at radius 1 is 1.00 bits per heavy atom. The van der Waals surface area contributed by atoms with Gasteiger partial charge in [0.05, 0.1) is 17.6 Å². The largest absolute Gasteiger partial charge is 0.495 e. The van der Waals surface area contributed by atoms with Gasteiger partial charge in [-0.25, -0.2) is 4.98 Å². The molecule has 0 bridgehead atoms. The van der Waals surface area contributed by atoms with E-state index in [4.69, 9.17) is 27.8 Å². The highest BCUT2D eigenvalue weighted by Gasteiger charge is 2.09. The molecule has 0 saturated heterocycles. The van der Waals surface area contributed by atoms with Gasteiger partial charge in [0, 0.05) is 29.7 Å². The maximum absolute atomic E-state index is 12.3. The van der Waals surface area contributed by atoms with Gasteiger partial charge in [0.2, 0.25) is 5.95 Å². The lowest BCUT2D eigenvalue weighted by molar-refractivity contribution is 0.0954. The molecule has 0 aliphatic heterocycles. The Bertz CT molecular complexity index is 1330. The SMILES string of the molecule is COc1ccc(C(=O)NCCc2ccc(CNc3ccc4nc(N)nc(N)c4c3)cc2)cc1Cl. The van der Waals surface area contributed by atoms with Gasteiger partial charge in [-0.3, -0.25) is 4.79 Å². The van der Waals surface area contributed by atoms with Crippen molar-refractivity contribution in [1.29, 1.82) is 0 Å². The fourth-order valence-electron chi connectivity index (χ4n) is 3.54. The van der Waals surface area contributed by atoms with E-state index in [1.54, 1.807) is 18.2 Å². The summed E-state index contributed by atoms with van der Waals surface area (Å²) in [5, 5.41) is 7.47. The second kappa shape index (κ2) is 10.3. The molecule has 0 saturated carbocycles. The first-order chi connectivity index (χ1) is 16.4. The first-order valence-corrected chi connectivity index (χ1v) is 11.1. The van der Waals surface area contributed by atoms with Gasteiger partial charge in [-0.15, -0.1) is 0 Å². The fraction of sp³-hybridized carbons (Fsp3) is 0.160. The van der Waals surface area contributed by atoms with Gasteiger partial charge in [-0.1, -0.05) is 35.9 Å². The lowest BCUT2D eigenvalue weighted by atomic mass is 10.1. The standard InChI is InChI=1S/C25H25ClN6O2/c1-34-22-9-6-17(12-20(22)26)24(33)29-11-10-15-2-4-16(5-3-15)14-30-18-7-8-21-19(13-18)23(27)32-25(28)31-21/h2-9,12-13,30H,10-11,14H2,1H3,(H,29,33)(H4,27,28,31,32). The minimum absolute atomic E-state index is 0.162. The van der Waals surface area contributed by atoms with E-state index in [9.17, 15) is 4.79 Å². The maximum Gasteiger partial charge on any atom is 0.251 e. The van der Waals surface area contributed by atoms with E-state index in [2.05, 4.69) is 44.9 Å². The number of rotatable bonds is 8. The lowest BCUT2D eigenvalue weighted by Crippen LogP contribution is -2.25. The molecule has 9 heteroatoms. The zero-order chi connectivity index (χ0) is 24.1. The minimum atomic E-state index is -0.172. The predicted octanol–water partition coefficient (Wildman–Crippen LogP) is 4.04. The molecule has 34 heavy (non-hydrogen) atoms. The third-order valence-corrected chi connectivity index (χ3v) is 5.67. The molecule has 6 N–H and O–H groups in total. The Labute approximate surface area is 202 Å². The third kappa shape index (κ3) is 5.47. The second-order valence-corrected chi connectivity index (χ2v) is 8.13. The van der Waals surface area contributed by atoms with Crippen molar-refractivity contribution < 1.29 is 9.53 Å². The van der Waals surface area contributed by atoms with Crippen LogP contribution in [-0.2, 0) is 13.0 Å². The molecule has 0 unspecified atom stereocenters. The van der Waals surface area contributed by atoms with Crippen LogP contribution in [0.15, 0.2) is 60.7 Å². The molecule has 0 aliphatic carbocycles. The van der Waals surface area contributed by atoms with Crippen molar-refractivity contribution in [1.82, 2.24) is 15.3 Å². The summed E-state index contributed by atoms with van der Waals surface area (Å²) in [4.78, 5) is 20.5. The van der Waals surface area contributed by atoms with Crippen molar-refractivity contribution in [3.8, 4) is 5.75 Å². The predicted molar refractivity (Wildman–Crippen MR) is 136 cm³/mol. The summed E-state index contributed by atoms with van der Waals surface area (Å²) in [5.74, 6) is 0.888. The summed E-state index contributed by atoms with van der Waals surface area (Å²) in [6.07, 6.45) is 0.719. The van der Waals surface area contributed by atoms with E-state index in [0.29, 0.717) is 40.8 Å². The molecule has 174 valence electrons. The van der Waals surface area contributed by atoms with Gasteiger partial charge in [0.15, 0.2) is 0 Å². The zero-order valence-electron chi connectivity index (χ0n) is 18.6. The summed E-state index contributed by atoms with van der Waals surface area (Å²) in [6, 6.07) is 18.9. The number of anilines is 3. The third-order valence-electron chi connectivity index (χ3n) is 5.38. The van der Waals surface area contributed by atoms with E-state index in [-0.39, 0.29) is 11.9 Å². The van der Waals surface area contributed by atoms with Crippen LogP contribution in [0.2, 0.25) is 5.02 Å². The average Bonchev–Trinajstić information content (AvgIpc) is 2.83. The Morgan fingerprint density at radius 3 is 2.50 bits per heavy atom. The van der Waals surface area contributed by atoms with Crippen LogP contribution in [-0.4, -0.2) is 29.5 Å². The zero-order valence-corrected chi connectivity index (χ0v) is 19.4. The number of nitrogens with zero attached hydrogens (tertiary/aromatic N) is 2. The number of carbonyl (C=O) groups excluding carboxylic acids is 1. The number of aromatic nitrogens is 2. The Morgan fingerprint density at radius 2 is 1.76 bits per heavy atom. The molecular weight excluding hydrogens is 452 g/mol. The number of ether oxygens (including phenoxy) is 1. The number of nitrogen functional groups attached to an aromatic ring is 2. The van der Waals surface area contributed by atoms with Crippen molar-refractivity contribution >= 4 is 45.9 Å². The van der Waals surface area contributed by atoms with E-state index in [0.717, 1.165) is 28.6 Å². The average molecular weight is 477 g/mol. The van der Waals surface area contributed by atoms with Crippen molar-refractivity contribution in [2.24, 2.45) is 0 Å². The highest BCUT2D eigenvalue weighted by atomic mass is 35.5. The highest BCUT2D eigenvalue weighted by molar-refractivity contribution is 6.32. The molecule has 1 heterocycles. The topological polar surface area (TPSA) is 128 Å². The fourth-order valence-corrected chi connectivity index (χ4v) is 3.80. The van der Waals surface area contributed by atoms with Crippen LogP contribution in [0.25, 0.3) is 10.9 Å². The molecule has 8 nitrogen and oxygen atoms in total. The van der Waals surface area contributed by atoms with E-state index in [1.165, 1.54) is 7.11 Å². The normalized spacial score (nSPS) is 10.8. The summed E-state index contributed by atoms with van der Waals surface area (Å²) in [6.45, 7) is 1.17. The Kier molecular flexibility index (Phi) is 6.98. The van der Waals surface area contributed by atoms with Crippen LogP contribution in [0.3, 0.4) is 0 Å². The quantitative estimate of drug-likeness (QED) is 0.302. The molecule has 0 aliphatic rings. The number of methoxy groups -OCH3 is 1. The number of benzene rings is 3. The molecule has 0 spiro atoms. The van der Waals surface area contributed by atoms with Crippen molar-refractivity contribution in [3.05, 3.63) is 82.4 Å². The molecule has 0 radical (unpaired) electrons. The Balaban J connectivity index is 1.28. The second-order valence-electron chi connectivity index (χ2n) is 7.72. The van der Waals surface area contributed by atoms with Gasteiger partial charge < -0.3 is 26.8 Å². The summed E-state index contributed by atoms with van der Waals surface area (Å²) >= 11 is 6.10. The molecule has 4 rings (SSSR count). The van der Waals surface area contributed by atoms with Crippen LogP contribution in [0, 0.1) is 0 Å². The molecule has 4 aromatic rings. The molecule has 1 aromatic heterocycles. The number of amides is 1. The first-order valence-electron chi connectivity index (χ1n) is 10.7. The van der Waals surface area contributed by atoms with Crippen LogP contribution in [0.5, 0.6) is 5.75 Å². The molecular formula is C25H25ClN6O2. The number of fused-ring (bicyclic) bond motifs is 1. The Hall–Kier alpha value is -4.04. The van der Waals surface area contributed by atoms with E-state index in [1.807, 2.05) is 18.2 Å². The minimum Gasteiger partial charge on any atom is -0.495 e. The summed E-state index contributed by atoms with van der Waals surface area (Å²) in [7, 11) is 1.54. The van der Waals surface area contributed by atoms with Gasteiger partial charge in [-0.05, 0) is 53.9 Å². The van der Waals surface area contributed by atoms with E-state index < -0.39 is 0 Å². The van der Waals surface area contributed by atoms with Crippen LogP contribution >= 0.6 is 11.6 Å². The number of nitrogens with one attached hydrogen (secondary N) is 2. The molecule has 0 atom stereocenters. The van der Waals surface area contributed by atoms with Crippen molar-refractivity contribution in [3.63, 3.8) is 0 Å². The van der Waals surface area contributed by atoms with Gasteiger partial charge in [0.1, 0.15) is 11.6 Å². The van der Waals surface area contributed by atoms with Gasteiger partial charge >= 0.3 is 0 Å². The number of nitrogens with two attached hydrogens (primary N) is 2. The summed E-state index contributed by atoms with van der Waals surface area (Å²) < 4.78 is 5.11. The smallest absolute Gasteiger partial charge is 0.251 e. The van der Waals surface area contributed by atoms with Crippen molar-refractivity contribution in [2.45, 2.75) is 13.0 Å². The van der Waals surface area contributed by atoms with Crippen LogP contribution < -0.4 is 26.8 Å². The van der Waals surface area contributed by atoms with Gasteiger partial charge in [0.25, 0.3) is 5.91 Å². The number of hydrogen-bond acceptors (Lipinski definition) is 7. The number of hydrogen-bond donors (Lipinski definition) is 4. The summed E-state index contributed by atoms with van der Waals surface area (Å²) in [5.41, 5.74) is 16.0. The first kappa shape index (κ1) is 23.1. The lowest BCUT2D eigenvalue weighted by Gasteiger charge is -2.10. The molecule has 1 amide bonds. The number of halogens is 1.